The molecular formula is C15H17N3O2. The Morgan fingerprint density at radius 2 is 2.25 bits per heavy atom. The van der Waals surface area contributed by atoms with Gasteiger partial charge in [-0.05, 0) is 43.9 Å². The third-order valence-corrected chi connectivity index (χ3v) is 4.31. The lowest BCUT2D eigenvalue weighted by atomic mass is 10.1. The summed E-state index contributed by atoms with van der Waals surface area (Å²) in [6, 6.07) is 5.59. The molecule has 0 spiro atoms. The number of anilines is 1. The van der Waals surface area contributed by atoms with Crippen LogP contribution in [0, 0.1) is 5.41 Å². The van der Waals surface area contributed by atoms with Crippen LogP contribution in [0.2, 0.25) is 0 Å². The number of hydrogen-bond acceptors (Lipinski definition) is 4. The van der Waals surface area contributed by atoms with Crippen molar-refractivity contribution in [2.45, 2.75) is 31.6 Å². The Bertz CT molecular complexity index is 683. The van der Waals surface area contributed by atoms with Crippen LogP contribution in [0.3, 0.4) is 0 Å². The molecule has 0 atom stereocenters. The van der Waals surface area contributed by atoms with E-state index in [1.165, 1.54) is 0 Å². The van der Waals surface area contributed by atoms with Crippen LogP contribution in [-0.4, -0.2) is 17.4 Å². The van der Waals surface area contributed by atoms with E-state index in [1.807, 2.05) is 18.2 Å². The zero-order valence-corrected chi connectivity index (χ0v) is 11.2. The van der Waals surface area contributed by atoms with Gasteiger partial charge >= 0.3 is 0 Å². The van der Waals surface area contributed by atoms with Crippen molar-refractivity contribution in [3.8, 4) is 0 Å². The summed E-state index contributed by atoms with van der Waals surface area (Å²) >= 11 is 0. The normalized spacial score (nSPS) is 20.1. The average Bonchev–Trinajstić information content (AvgIpc) is 3.35. The van der Waals surface area contributed by atoms with E-state index in [2.05, 4.69) is 10.3 Å². The molecule has 2 fully saturated rings. The van der Waals surface area contributed by atoms with Crippen LogP contribution in [0.4, 0.5) is 5.69 Å². The van der Waals surface area contributed by atoms with Crippen molar-refractivity contribution in [2.75, 3.05) is 11.9 Å². The number of carbonyl (C=O) groups is 1. The summed E-state index contributed by atoms with van der Waals surface area (Å²) in [6.45, 7) is 0.414. The molecule has 2 saturated carbocycles. The molecule has 1 amide bonds. The quantitative estimate of drug-likeness (QED) is 0.894. The topological polar surface area (TPSA) is 81.2 Å². The Morgan fingerprint density at radius 1 is 1.45 bits per heavy atom. The number of hydrogen-bond donors (Lipinski definition) is 2. The largest absolute Gasteiger partial charge is 0.440 e. The van der Waals surface area contributed by atoms with E-state index < -0.39 is 0 Å². The molecule has 5 heteroatoms. The first-order chi connectivity index (χ1) is 9.70. The molecule has 0 radical (unpaired) electrons. The summed E-state index contributed by atoms with van der Waals surface area (Å²) in [7, 11) is 0. The maximum absolute atomic E-state index is 12.2. The zero-order chi connectivity index (χ0) is 13.7. The molecule has 3 N–H and O–H groups in total. The van der Waals surface area contributed by atoms with Crippen molar-refractivity contribution in [1.29, 1.82) is 0 Å². The Hall–Kier alpha value is -1.88. The monoisotopic (exact) mass is 271 g/mol. The van der Waals surface area contributed by atoms with Gasteiger partial charge in [-0.3, -0.25) is 4.79 Å². The molecule has 2 aliphatic carbocycles. The first-order valence-electron chi connectivity index (χ1n) is 7.12. The van der Waals surface area contributed by atoms with Crippen molar-refractivity contribution < 1.29 is 9.21 Å². The number of nitrogens with two attached hydrogens (primary N) is 1. The van der Waals surface area contributed by atoms with Gasteiger partial charge in [0.05, 0.1) is 5.41 Å². The van der Waals surface area contributed by atoms with Gasteiger partial charge in [0.15, 0.2) is 11.5 Å². The lowest BCUT2D eigenvalue weighted by Gasteiger charge is -2.12. The molecule has 5 nitrogen and oxygen atoms in total. The van der Waals surface area contributed by atoms with Crippen molar-refractivity contribution in [1.82, 2.24) is 4.98 Å². The van der Waals surface area contributed by atoms with E-state index in [0.29, 0.717) is 12.5 Å². The van der Waals surface area contributed by atoms with E-state index in [1.54, 1.807) is 0 Å². The number of carbonyl (C=O) groups excluding carboxylic acids is 1. The molecular weight excluding hydrogens is 254 g/mol. The minimum absolute atomic E-state index is 0.0188. The minimum atomic E-state index is -0.335. The highest BCUT2D eigenvalue weighted by molar-refractivity contribution is 5.98. The van der Waals surface area contributed by atoms with Crippen molar-refractivity contribution >= 4 is 22.7 Å². The number of benzene rings is 1. The van der Waals surface area contributed by atoms with Crippen molar-refractivity contribution in [2.24, 2.45) is 11.1 Å². The van der Waals surface area contributed by atoms with Gasteiger partial charge in [-0.15, -0.1) is 0 Å². The second kappa shape index (κ2) is 4.06. The standard InChI is InChI=1S/C15H17N3O2/c16-8-15(5-6-15)14(19)17-10-3-4-12-11(7-10)18-13(20-12)9-1-2-9/h3-4,7,9H,1-2,5-6,8,16H2,(H,17,19). The molecule has 2 aromatic rings. The zero-order valence-electron chi connectivity index (χ0n) is 11.2. The van der Waals surface area contributed by atoms with Crippen LogP contribution in [0.1, 0.15) is 37.5 Å². The fourth-order valence-corrected chi connectivity index (χ4v) is 2.47. The number of fused-ring (bicyclic) bond motifs is 1. The predicted octanol–water partition coefficient (Wildman–Crippen LogP) is 2.38. The summed E-state index contributed by atoms with van der Waals surface area (Å²) in [5, 5.41) is 2.94. The first kappa shape index (κ1) is 11.9. The number of aromatic nitrogens is 1. The summed E-state index contributed by atoms with van der Waals surface area (Å²) in [6.07, 6.45) is 4.09. The molecule has 1 heterocycles. The highest BCUT2D eigenvalue weighted by atomic mass is 16.3. The third kappa shape index (κ3) is 1.89. The molecule has 0 bridgehead atoms. The molecule has 1 aromatic heterocycles. The minimum Gasteiger partial charge on any atom is -0.440 e. The Balaban J connectivity index is 1.58. The summed E-state index contributed by atoms with van der Waals surface area (Å²) < 4.78 is 5.71. The highest BCUT2D eigenvalue weighted by Crippen LogP contribution is 2.45. The average molecular weight is 271 g/mol. The van der Waals surface area contributed by atoms with Crippen molar-refractivity contribution in [3.63, 3.8) is 0 Å². The van der Waals surface area contributed by atoms with E-state index in [0.717, 1.165) is 48.4 Å². The van der Waals surface area contributed by atoms with Gasteiger partial charge in [-0.25, -0.2) is 4.98 Å². The molecule has 104 valence electrons. The molecule has 2 aliphatic rings. The Morgan fingerprint density at radius 3 is 2.90 bits per heavy atom. The number of nitrogens with one attached hydrogen (secondary N) is 1. The smallest absolute Gasteiger partial charge is 0.231 e. The Kier molecular flexibility index (Phi) is 2.41. The maximum atomic E-state index is 12.2. The number of oxazole rings is 1. The van der Waals surface area contributed by atoms with Gasteiger partial charge in [-0.1, -0.05) is 0 Å². The van der Waals surface area contributed by atoms with Gasteiger partial charge in [0, 0.05) is 18.2 Å². The van der Waals surface area contributed by atoms with E-state index >= 15 is 0 Å². The van der Waals surface area contributed by atoms with Crippen LogP contribution < -0.4 is 11.1 Å². The summed E-state index contributed by atoms with van der Waals surface area (Å²) in [5.74, 6) is 1.33. The van der Waals surface area contributed by atoms with E-state index in [9.17, 15) is 4.79 Å². The number of rotatable bonds is 4. The maximum Gasteiger partial charge on any atom is 0.231 e. The van der Waals surface area contributed by atoms with Gasteiger partial charge < -0.3 is 15.5 Å². The first-order valence-corrected chi connectivity index (χ1v) is 7.12. The van der Waals surface area contributed by atoms with Crippen LogP contribution in [0.5, 0.6) is 0 Å². The molecule has 0 aliphatic heterocycles. The third-order valence-electron chi connectivity index (χ3n) is 4.31. The summed E-state index contributed by atoms with van der Waals surface area (Å²) in [4.78, 5) is 16.7. The SMILES string of the molecule is NCC1(C(=O)Nc2ccc3oc(C4CC4)nc3c2)CC1. The van der Waals surface area contributed by atoms with Gasteiger partial charge in [0.2, 0.25) is 5.91 Å². The van der Waals surface area contributed by atoms with Gasteiger partial charge in [0.25, 0.3) is 0 Å². The predicted molar refractivity (Wildman–Crippen MR) is 75.3 cm³/mol. The van der Waals surface area contributed by atoms with Gasteiger partial charge in [-0.2, -0.15) is 0 Å². The molecule has 4 rings (SSSR count). The fraction of sp³-hybridized carbons (Fsp3) is 0.467. The summed E-state index contributed by atoms with van der Waals surface area (Å²) in [5.41, 5.74) is 7.69. The molecule has 20 heavy (non-hydrogen) atoms. The molecule has 1 aromatic carbocycles. The number of amides is 1. The lowest BCUT2D eigenvalue weighted by Crippen LogP contribution is -2.30. The second-order valence-corrected chi connectivity index (χ2v) is 5.95. The van der Waals surface area contributed by atoms with Crippen LogP contribution in [0.15, 0.2) is 22.6 Å². The Labute approximate surface area is 116 Å². The van der Waals surface area contributed by atoms with Crippen LogP contribution in [-0.2, 0) is 4.79 Å². The van der Waals surface area contributed by atoms with Gasteiger partial charge in [0.1, 0.15) is 5.52 Å². The highest BCUT2D eigenvalue weighted by Gasteiger charge is 2.48. The van der Waals surface area contributed by atoms with Crippen molar-refractivity contribution in [3.05, 3.63) is 24.1 Å². The number of nitrogens with zero attached hydrogens (tertiary/aromatic N) is 1. The lowest BCUT2D eigenvalue weighted by molar-refractivity contribution is -0.120. The molecule has 0 unspecified atom stereocenters. The van der Waals surface area contributed by atoms with E-state index in [-0.39, 0.29) is 11.3 Å². The molecule has 0 saturated heterocycles. The second-order valence-electron chi connectivity index (χ2n) is 5.95. The van der Waals surface area contributed by atoms with E-state index in [4.69, 9.17) is 10.2 Å². The fourth-order valence-electron chi connectivity index (χ4n) is 2.47. The van der Waals surface area contributed by atoms with Crippen LogP contribution in [0.25, 0.3) is 11.1 Å². The van der Waals surface area contributed by atoms with Crippen LogP contribution >= 0.6 is 0 Å².